The molecule has 1 amide bonds. The number of amides is 1. The molecule has 0 spiro atoms. The summed E-state index contributed by atoms with van der Waals surface area (Å²) in [5.41, 5.74) is 0. The summed E-state index contributed by atoms with van der Waals surface area (Å²) in [5.74, 6) is -0.0732. The zero-order chi connectivity index (χ0) is 56.4. The van der Waals surface area contributed by atoms with Gasteiger partial charge in [-0.3, -0.25) is 9.59 Å². The van der Waals surface area contributed by atoms with Crippen molar-refractivity contribution < 1.29 is 24.5 Å². The van der Waals surface area contributed by atoms with Crippen LogP contribution in [0.1, 0.15) is 361 Å². The Bertz CT molecular complexity index is 1350. The van der Waals surface area contributed by atoms with E-state index < -0.39 is 12.1 Å². The van der Waals surface area contributed by atoms with E-state index in [2.05, 4.69) is 67.8 Å². The van der Waals surface area contributed by atoms with Crippen molar-refractivity contribution in [1.29, 1.82) is 0 Å². The molecule has 456 valence electrons. The van der Waals surface area contributed by atoms with Crippen molar-refractivity contribution in [3.05, 3.63) is 60.8 Å². The number of rotatable bonds is 64. The van der Waals surface area contributed by atoms with Gasteiger partial charge >= 0.3 is 5.97 Å². The Kier molecular flexibility index (Phi) is 65.0. The number of aliphatic hydroxyl groups is 2. The van der Waals surface area contributed by atoms with E-state index in [4.69, 9.17) is 4.74 Å². The third-order valence-corrected chi connectivity index (χ3v) is 15.8. The molecule has 0 aliphatic rings. The van der Waals surface area contributed by atoms with Gasteiger partial charge in [-0.15, -0.1) is 0 Å². The number of ether oxygens (including phenoxy) is 1. The zero-order valence-electron chi connectivity index (χ0n) is 52.1. The Morgan fingerprint density at radius 1 is 0.359 bits per heavy atom. The van der Waals surface area contributed by atoms with Gasteiger partial charge in [0.1, 0.15) is 0 Å². The van der Waals surface area contributed by atoms with Crippen molar-refractivity contribution >= 4 is 11.9 Å². The number of unbranched alkanes of at least 4 members (excludes halogenated alkanes) is 45. The lowest BCUT2D eigenvalue weighted by atomic mass is 10.0. The summed E-state index contributed by atoms with van der Waals surface area (Å²) in [5, 5.41) is 23.2. The first kappa shape index (κ1) is 75.6. The minimum atomic E-state index is -0.849. The van der Waals surface area contributed by atoms with Crippen LogP contribution in [-0.4, -0.2) is 47.4 Å². The van der Waals surface area contributed by atoms with Gasteiger partial charge in [0, 0.05) is 12.8 Å². The second-order valence-corrected chi connectivity index (χ2v) is 23.5. The van der Waals surface area contributed by atoms with Crippen molar-refractivity contribution in [2.75, 3.05) is 13.2 Å². The van der Waals surface area contributed by atoms with E-state index in [-0.39, 0.29) is 18.5 Å². The van der Waals surface area contributed by atoms with Crippen LogP contribution >= 0.6 is 0 Å². The molecule has 0 saturated carbocycles. The fourth-order valence-electron chi connectivity index (χ4n) is 10.5. The Labute approximate surface area is 486 Å². The molecule has 2 atom stereocenters. The van der Waals surface area contributed by atoms with Crippen LogP contribution in [-0.2, 0) is 14.3 Å². The van der Waals surface area contributed by atoms with Crippen molar-refractivity contribution in [2.45, 2.75) is 373 Å². The fourth-order valence-corrected chi connectivity index (χ4v) is 10.5. The van der Waals surface area contributed by atoms with E-state index in [1.807, 2.05) is 6.08 Å². The number of esters is 1. The molecule has 0 aromatic carbocycles. The molecule has 0 aromatic heterocycles. The van der Waals surface area contributed by atoms with Gasteiger partial charge < -0.3 is 20.3 Å². The molecule has 6 nitrogen and oxygen atoms in total. The van der Waals surface area contributed by atoms with E-state index in [1.54, 1.807) is 6.08 Å². The molecule has 0 aliphatic carbocycles. The van der Waals surface area contributed by atoms with Crippen LogP contribution in [0, 0.1) is 0 Å². The molecule has 3 N–H and O–H groups in total. The molecule has 2 unspecified atom stereocenters. The third-order valence-electron chi connectivity index (χ3n) is 15.8. The van der Waals surface area contributed by atoms with Crippen LogP contribution in [0.15, 0.2) is 60.8 Å². The third kappa shape index (κ3) is 62.8. The smallest absolute Gasteiger partial charge is 0.305 e. The summed E-state index contributed by atoms with van der Waals surface area (Å²) in [6.45, 7) is 4.89. The van der Waals surface area contributed by atoms with E-state index in [0.29, 0.717) is 19.4 Å². The van der Waals surface area contributed by atoms with E-state index in [1.165, 1.54) is 276 Å². The van der Waals surface area contributed by atoms with Gasteiger partial charge in [0.15, 0.2) is 0 Å². The largest absolute Gasteiger partial charge is 0.466 e. The monoisotopic (exact) mass is 1090 g/mol. The summed E-state index contributed by atoms with van der Waals surface area (Å²) in [7, 11) is 0. The number of nitrogens with one attached hydrogen (secondary N) is 1. The molecule has 78 heavy (non-hydrogen) atoms. The van der Waals surface area contributed by atoms with Crippen LogP contribution in [0.2, 0.25) is 0 Å². The highest BCUT2D eigenvalue weighted by Crippen LogP contribution is 2.17. The number of aliphatic hydroxyl groups excluding tert-OH is 2. The first-order valence-corrected chi connectivity index (χ1v) is 34.6. The second kappa shape index (κ2) is 67.1. The molecule has 6 heteroatoms. The average molecular weight is 1090 g/mol. The van der Waals surface area contributed by atoms with Gasteiger partial charge in [-0.1, -0.05) is 312 Å². The molecule has 0 bridgehead atoms. The molecule has 0 heterocycles. The van der Waals surface area contributed by atoms with E-state index in [0.717, 1.165) is 57.8 Å². The number of allylic oxidation sites excluding steroid dienone is 9. The Balaban J connectivity index is 3.45. The molecular formula is C72H133NO5. The van der Waals surface area contributed by atoms with Gasteiger partial charge in [0.2, 0.25) is 5.91 Å². The first-order chi connectivity index (χ1) is 38.5. The maximum atomic E-state index is 12.5. The fraction of sp³-hybridized carbons (Fsp3) is 0.833. The summed E-state index contributed by atoms with van der Waals surface area (Å²) >= 11 is 0. The predicted molar refractivity (Wildman–Crippen MR) is 342 cm³/mol. The zero-order valence-corrected chi connectivity index (χ0v) is 52.1. The normalized spacial score (nSPS) is 12.9. The number of hydrogen-bond donors (Lipinski definition) is 3. The molecular weight excluding hydrogens is 959 g/mol. The topological polar surface area (TPSA) is 95.9 Å². The first-order valence-electron chi connectivity index (χ1n) is 34.6. The lowest BCUT2D eigenvalue weighted by molar-refractivity contribution is -0.143. The summed E-state index contributed by atoms with van der Waals surface area (Å²) in [6.07, 6.45) is 88.6. The van der Waals surface area contributed by atoms with Gasteiger partial charge in [0.05, 0.1) is 25.4 Å². The molecule has 0 saturated heterocycles. The van der Waals surface area contributed by atoms with Crippen LogP contribution in [0.5, 0.6) is 0 Å². The lowest BCUT2D eigenvalue weighted by Gasteiger charge is -2.20. The van der Waals surface area contributed by atoms with Crippen molar-refractivity contribution in [3.8, 4) is 0 Å². The SMILES string of the molecule is CCCCC/C=C\C/C=C\CCCCCCCC(=O)OCCCCCCCCCCC/C=C\C/C=C\CCCCCCCCCCCCCC(=O)NC(CO)C(O)/C=C/CCCCCCCCCCCCCCCCCCC. The Morgan fingerprint density at radius 2 is 0.641 bits per heavy atom. The highest BCUT2D eigenvalue weighted by Gasteiger charge is 2.18. The molecule has 0 aromatic rings. The molecule has 0 aliphatic heterocycles. The summed E-state index contributed by atoms with van der Waals surface area (Å²) in [6, 6.07) is -0.632. The lowest BCUT2D eigenvalue weighted by Crippen LogP contribution is -2.45. The van der Waals surface area contributed by atoms with Gasteiger partial charge in [0.25, 0.3) is 0 Å². The van der Waals surface area contributed by atoms with Crippen molar-refractivity contribution in [1.82, 2.24) is 5.32 Å². The summed E-state index contributed by atoms with van der Waals surface area (Å²) < 4.78 is 5.48. The van der Waals surface area contributed by atoms with Crippen LogP contribution in [0.3, 0.4) is 0 Å². The molecule has 0 fully saturated rings. The highest BCUT2D eigenvalue weighted by atomic mass is 16.5. The maximum Gasteiger partial charge on any atom is 0.305 e. The highest BCUT2D eigenvalue weighted by molar-refractivity contribution is 5.76. The number of carbonyl (C=O) groups excluding carboxylic acids is 2. The Morgan fingerprint density at radius 3 is 1.00 bits per heavy atom. The van der Waals surface area contributed by atoms with Crippen LogP contribution < -0.4 is 5.32 Å². The van der Waals surface area contributed by atoms with Crippen LogP contribution in [0.4, 0.5) is 0 Å². The van der Waals surface area contributed by atoms with Gasteiger partial charge in [-0.25, -0.2) is 0 Å². The second-order valence-electron chi connectivity index (χ2n) is 23.5. The molecule has 0 rings (SSSR count). The Hall–Kier alpha value is -2.44. The number of hydrogen-bond acceptors (Lipinski definition) is 5. The summed E-state index contributed by atoms with van der Waals surface area (Å²) in [4.78, 5) is 24.6. The molecule has 0 radical (unpaired) electrons. The number of carbonyl (C=O) groups is 2. The van der Waals surface area contributed by atoms with E-state index in [9.17, 15) is 19.8 Å². The van der Waals surface area contributed by atoms with Crippen molar-refractivity contribution in [3.63, 3.8) is 0 Å². The maximum absolute atomic E-state index is 12.5. The van der Waals surface area contributed by atoms with Gasteiger partial charge in [-0.05, 0) is 96.3 Å². The van der Waals surface area contributed by atoms with Crippen molar-refractivity contribution in [2.24, 2.45) is 0 Å². The standard InChI is InChI=1S/C72H133NO5/c1-3-5-7-9-11-13-15-17-19-20-30-33-37-40-44-48-52-56-60-64-70(75)69(68-74)73-71(76)65-61-57-53-49-45-41-38-34-31-28-26-24-22-21-23-25-27-29-32-35-39-43-47-51-55-59-63-67-78-72(77)66-62-58-54-50-46-42-36-18-16-14-12-10-8-6-4-2/h12,14,18,21-22,25,27,36,60,64,69-70,74-75H,3-11,13,15-17,19-20,23-24,26,28-35,37-59,61-63,65-68H2,1-2H3,(H,73,76)/b14-12-,22-21-,27-25-,36-18-,64-60+. The van der Waals surface area contributed by atoms with Crippen LogP contribution in [0.25, 0.3) is 0 Å². The van der Waals surface area contributed by atoms with Gasteiger partial charge in [-0.2, -0.15) is 0 Å². The quantitative estimate of drug-likeness (QED) is 0.0320. The minimum Gasteiger partial charge on any atom is -0.466 e. The predicted octanol–water partition coefficient (Wildman–Crippen LogP) is 22.3. The minimum absolute atomic E-state index is 0.00400. The van der Waals surface area contributed by atoms with E-state index >= 15 is 0 Å². The average Bonchev–Trinajstić information content (AvgIpc) is 3.44.